The maximum atomic E-state index is 10.8. The minimum absolute atomic E-state index is 0.0523. The fraction of sp³-hybridized carbons (Fsp3) is 0.200. The van der Waals surface area contributed by atoms with Crippen molar-refractivity contribution in [1.82, 2.24) is 4.57 Å². The van der Waals surface area contributed by atoms with Gasteiger partial charge in [-0.05, 0) is 29.8 Å². The quantitative estimate of drug-likeness (QED) is 0.325. The van der Waals surface area contributed by atoms with Crippen LogP contribution in [0, 0.1) is 10.1 Å². The smallest absolute Gasteiger partial charge is 0.269 e. The Balaban J connectivity index is 1.88. The minimum Gasteiger partial charge on any atom is -0.493 e. The van der Waals surface area contributed by atoms with Crippen molar-refractivity contribution in [3.05, 3.63) is 62.3 Å². The van der Waals surface area contributed by atoms with E-state index in [2.05, 4.69) is 10.2 Å². The fourth-order valence-electron chi connectivity index (χ4n) is 2.80. The van der Waals surface area contributed by atoms with Gasteiger partial charge in [-0.1, -0.05) is 0 Å². The number of non-ortho nitro benzene ring substituents is 1. The summed E-state index contributed by atoms with van der Waals surface area (Å²) in [4.78, 5) is 11.1. The average Bonchev–Trinajstić information content (AvgIpc) is 3.13. The first kappa shape index (κ1) is 21.1. The maximum absolute atomic E-state index is 10.8. The van der Waals surface area contributed by atoms with Crippen molar-refractivity contribution in [2.45, 2.75) is 0 Å². The molecular weight excluding hydrogens is 408 g/mol. The number of hydrogen-bond acceptors (Lipinski definition) is 8. The van der Waals surface area contributed by atoms with E-state index in [1.54, 1.807) is 51.8 Å². The van der Waals surface area contributed by atoms with Gasteiger partial charge in [0, 0.05) is 30.1 Å². The summed E-state index contributed by atoms with van der Waals surface area (Å²) in [6.07, 6.45) is 1.59. The number of nitrogens with zero attached hydrogens (tertiary/aromatic N) is 4. The molecule has 10 heteroatoms. The first-order valence-corrected chi connectivity index (χ1v) is 9.63. The van der Waals surface area contributed by atoms with Crippen LogP contribution in [0.25, 0.3) is 11.3 Å². The lowest BCUT2D eigenvalue weighted by atomic mass is 10.1. The Bertz CT molecular complexity index is 1120. The summed E-state index contributed by atoms with van der Waals surface area (Å²) < 4.78 is 17.9. The van der Waals surface area contributed by atoms with Crippen LogP contribution in [-0.2, 0) is 7.05 Å². The zero-order chi connectivity index (χ0) is 21.7. The molecule has 0 amide bonds. The Hall–Kier alpha value is -3.66. The number of rotatable bonds is 7. The highest BCUT2D eigenvalue weighted by Gasteiger charge is 2.12. The normalized spacial score (nSPS) is 11.7. The van der Waals surface area contributed by atoms with Gasteiger partial charge in [0.2, 0.25) is 10.6 Å². The lowest BCUT2D eigenvalue weighted by Gasteiger charge is -2.12. The van der Waals surface area contributed by atoms with Gasteiger partial charge in [0.25, 0.3) is 5.69 Å². The number of thiazole rings is 1. The second-order valence-corrected chi connectivity index (χ2v) is 6.91. The van der Waals surface area contributed by atoms with E-state index in [9.17, 15) is 10.1 Å². The van der Waals surface area contributed by atoms with Crippen LogP contribution in [0.1, 0.15) is 5.56 Å². The summed E-state index contributed by atoms with van der Waals surface area (Å²) >= 11 is 1.42. The number of nitro benzene ring substituents is 1. The van der Waals surface area contributed by atoms with Crippen LogP contribution in [0.3, 0.4) is 0 Å². The number of nitro groups is 1. The van der Waals surface area contributed by atoms with Gasteiger partial charge in [0.05, 0.1) is 38.2 Å². The molecule has 0 saturated heterocycles. The molecule has 0 fully saturated rings. The monoisotopic (exact) mass is 428 g/mol. The Morgan fingerprint density at radius 1 is 1.07 bits per heavy atom. The molecule has 0 aliphatic heterocycles. The zero-order valence-electron chi connectivity index (χ0n) is 16.9. The van der Waals surface area contributed by atoms with E-state index in [-0.39, 0.29) is 5.69 Å². The summed E-state index contributed by atoms with van der Waals surface area (Å²) in [6, 6.07) is 9.93. The summed E-state index contributed by atoms with van der Waals surface area (Å²) in [7, 11) is 6.51. The molecule has 0 atom stereocenters. The van der Waals surface area contributed by atoms with Crippen molar-refractivity contribution >= 4 is 23.2 Å². The highest BCUT2D eigenvalue weighted by molar-refractivity contribution is 7.07. The zero-order valence-corrected chi connectivity index (χ0v) is 17.7. The van der Waals surface area contributed by atoms with E-state index < -0.39 is 4.92 Å². The number of benzene rings is 2. The van der Waals surface area contributed by atoms with E-state index >= 15 is 0 Å². The molecule has 3 aromatic rings. The largest absolute Gasteiger partial charge is 0.493 e. The third kappa shape index (κ3) is 4.33. The molecule has 1 aromatic heterocycles. The summed E-state index contributed by atoms with van der Waals surface area (Å²) in [5, 5.41) is 21.2. The summed E-state index contributed by atoms with van der Waals surface area (Å²) in [6.45, 7) is 0. The van der Waals surface area contributed by atoms with Crippen LogP contribution in [-0.4, -0.2) is 37.0 Å². The Labute approximate surface area is 176 Å². The Morgan fingerprint density at radius 3 is 2.23 bits per heavy atom. The molecule has 0 N–H and O–H groups in total. The van der Waals surface area contributed by atoms with E-state index in [4.69, 9.17) is 14.2 Å². The molecule has 0 spiro atoms. The SMILES string of the molecule is COc1cc(/C=N/N=c2/scc(-c3ccc([N+](=O)[O-])cc3)n2C)cc(OC)c1OC. The van der Waals surface area contributed by atoms with Crippen molar-refractivity contribution < 1.29 is 19.1 Å². The molecule has 0 bridgehead atoms. The molecule has 30 heavy (non-hydrogen) atoms. The van der Waals surface area contributed by atoms with Crippen LogP contribution in [0.15, 0.2) is 52.0 Å². The van der Waals surface area contributed by atoms with Gasteiger partial charge in [-0.15, -0.1) is 16.4 Å². The predicted octanol–water partition coefficient (Wildman–Crippen LogP) is 3.62. The molecule has 2 aromatic carbocycles. The van der Waals surface area contributed by atoms with E-state index in [0.717, 1.165) is 16.8 Å². The predicted molar refractivity (Wildman–Crippen MR) is 115 cm³/mol. The molecule has 0 radical (unpaired) electrons. The molecule has 0 saturated carbocycles. The van der Waals surface area contributed by atoms with Crippen molar-refractivity contribution in [3.63, 3.8) is 0 Å². The van der Waals surface area contributed by atoms with Crippen LogP contribution in [0.5, 0.6) is 17.2 Å². The standard InChI is InChI=1S/C20H20N4O5S/c1-23-16(14-5-7-15(8-6-14)24(25)26)12-30-20(23)22-21-11-13-9-17(27-2)19(29-4)18(10-13)28-3/h5-12H,1-4H3/b21-11+,22-20+. The van der Waals surface area contributed by atoms with Gasteiger partial charge in [0.15, 0.2) is 11.5 Å². The van der Waals surface area contributed by atoms with Gasteiger partial charge >= 0.3 is 0 Å². The number of methoxy groups -OCH3 is 3. The minimum atomic E-state index is -0.421. The van der Waals surface area contributed by atoms with E-state index in [0.29, 0.717) is 22.0 Å². The highest BCUT2D eigenvalue weighted by atomic mass is 32.1. The summed E-state index contributed by atoms with van der Waals surface area (Å²) in [5.74, 6) is 1.56. The molecule has 0 aliphatic carbocycles. The molecule has 156 valence electrons. The van der Waals surface area contributed by atoms with Gasteiger partial charge < -0.3 is 18.8 Å². The van der Waals surface area contributed by atoms with Crippen molar-refractivity contribution in [3.8, 4) is 28.5 Å². The number of hydrogen-bond donors (Lipinski definition) is 0. The van der Waals surface area contributed by atoms with Crippen molar-refractivity contribution in [2.75, 3.05) is 21.3 Å². The topological polar surface area (TPSA) is 100 Å². The molecule has 0 aliphatic rings. The maximum Gasteiger partial charge on any atom is 0.269 e. The van der Waals surface area contributed by atoms with Crippen LogP contribution in [0.2, 0.25) is 0 Å². The van der Waals surface area contributed by atoms with Crippen LogP contribution in [0.4, 0.5) is 5.69 Å². The van der Waals surface area contributed by atoms with Crippen LogP contribution < -0.4 is 19.0 Å². The molecule has 1 heterocycles. The Morgan fingerprint density at radius 2 is 1.70 bits per heavy atom. The van der Waals surface area contributed by atoms with Gasteiger partial charge in [-0.3, -0.25) is 10.1 Å². The molecule has 3 rings (SSSR count). The highest BCUT2D eigenvalue weighted by Crippen LogP contribution is 2.37. The van der Waals surface area contributed by atoms with E-state index in [1.807, 2.05) is 17.0 Å². The average molecular weight is 428 g/mol. The molecule has 9 nitrogen and oxygen atoms in total. The Kier molecular flexibility index (Phi) is 6.48. The number of aromatic nitrogens is 1. The molecular formula is C20H20N4O5S. The third-order valence-electron chi connectivity index (χ3n) is 4.34. The fourth-order valence-corrected chi connectivity index (χ4v) is 3.66. The van der Waals surface area contributed by atoms with Gasteiger partial charge in [0.1, 0.15) is 0 Å². The number of ether oxygens (including phenoxy) is 3. The lowest BCUT2D eigenvalue weighted by Crippen LogP contribution is -2.10. The first-order valence-electron chi connectivity index (χ1n) is 8.75. The second-order valence-electron chi connectivity index (χ2n) is 6.07. The van der Waals surface area contributed by atoms with Gasteiger partial charge in [-0.2, -0.15) is 5.10 Å². The van der Waals surface area contributed by atoms with Crippen molar-refractivity contribution in [1.29, 1.82) is 0 Å². The van der Waals surface area contributed by atoms with Gasteiger partial charge in [-0.25, -0.2) is 0 Å². The third-order valence-corrected chi connectivity index (χ3v) is 5.24. The van der Waals surface area contributed by atoms with Crippen LogP contribution >= 0.6 is 11.3 Å². The second kappa shape index (κ2) is 9.23. The summed E-state index contributed by atoms with van der Waals surface area (Å²) in [5.41, 5.74) is 2.53. The lowest BCUT2D eigenvalue weighted by molar-refractivity contribution is -0.384. The molecule has 0 unspecified atom stereocenters. The van der Waals surface area contributed by atoms with Crippen molar-refractivity contribution in [2.24, 2.45) is 17.3 Å². The first-order chi connectivity index (χ1) is 14.5. The van der Waals surface area contributed by atoms with E-state index in [1.165, 1.54) is 23.5 Å².